The summed E-state index contributed by atoms with van der Waals surface area (Å²) >= 11 is 0. The highest BCUT2D eigenvalue weighted by atomic mass is 16.7. The highest BCUT2D eigenvalue weighted by Crippen LogP contribution is 2.25. The molecule has 0 spiro atoms. The van der Waals surface area contributed by atoms with Crippen molar-refractivity contribution < 1.29 is 9.47 Å². The number of hydrogen-bond acceptors (Lipinski definition) is 3. The van der Waals surface area contributed by atoms with Crippen LogP contribution >= 0.6 is 0 Å². The zero-order valence-corrected chi connectivity index (χ0v) is 9.69. The molecular weight excluding hydrogens is 202 g/mol. The van der Waals surface area contributed by atoms with E-state index in [1.165, 1.54) is 11.1 Å². The molecule has 88 valence electrons. The van der Waals surface area contributed by atoms with Gasteiger partial charge >= 0.3 is 0 Å². The molecule has 2 N–H and O–H groups in total. The van der Waals surface area contributed by atoms with E-state index in [1.54, 1.807) is 0 Å². The van der Waals surface area contributed by atoms with Gasteiger partial charge in [-0.1, -0.05) is 31.2 Å². The van der Waals surface area contributed by atoms with Crippen LogP contribution in [-0.2, 0) is 9.47 Å². The van der Waals surface area contributed by atoms with Crippen LogP contribution in [0.4, 0.5) is 0 Å². The van der Waals surface area contributed by atoms with Crippen molar-refractivity contribution in [3.8, 4) is 0 Å². The minimum atomic E-state index is 0.110. The SMILES string of the molecule is CC(CCN)c1ccc(C2COCO2)cc1. The van der Waals surface area contributed by atoms with E-state index >= 15 is 0 Å². The minimum absolute atomic E-state index is 0.110. The van der Waals surface area contributed by atoms with Gasteiger partial charge in [-0.25, -0.2) is 0 Å². The van der Waals surface area contributed by atoms with E-state index < -0.39 is 0 Å². The van der Waals surface area contributed by atoms with E-state index in [2.05, 4.69) is 31.2 Å². The van der Waals surface area contributed by atoms with Crippen molar-refractivity contribution in [3.63, 3.8) is 0 Å². The highest BCUT2D eigenvalue weighted by Gasteiger charge is 2.18. The predicted octanol–water partition coefficient (Wildman–Crippen LogP) is 2.18. The Morgan fingerprint density at radius 3 is 2.69 bits per heavy atom. The van der Waals surface area contributed by atoms with Crippen molar-refractivity contribution in [2.24, 2.45) is 5.73 Å². The number of benzene rings is 1. The molecule has 1 heterocycles. The van der Waals surface area contributed by atoms with Gasteiger partial charge in [-0.3, -0.25) is 0 Å². The first-order valence-electron chi connectivity index (χ1n) is 5.80. The number of hydrogen-bond donors (Lipinski definition) is 1. The maximum Gasteiger partial charge on any atom is 0.147 e. The van der Waals surface area contributed by atoms with Crippen LogP contribution in [-0.4, -0.2) is 19.9 Å². The second kappa shape index (κ2) is 5.43. The first-order valence-corrected chi connectivity index (χ1v) is 5.80. The fourth-order valence-corrected chi connectivity index (χ4v) is 1.98. The zero-order valence-electron chi connectivity index (χ0n) is 9.69. The number of ether oxygens (including phenoxy) is 2. The molecule has 1 aliphatic rings. The van der Waals surface area contributed by atoms with E-state index in [9.17, 15) is 0 Å². The fourth-order valence-electron chi connectivity index (χ4n) is 1.98. The van der Waals surface area contributed by atoms with Gasteiger partial charge in [0.15, 0.2) is 0 Å². The van der Waals surface area contributed by atoms with Crippen molar-refractivity contribution in [2.75, 3.05) is 19.9 Å². The van der Waals surface area contributed by atoms with E-state index in [1.807, 2.05) is 0 Å². The Balaban J connectivity index is 2.03. The molecule has 0 aromatic heterocycles. The molecule has 1 aromatic rings. The largest absolute Gasteiger partial charge is 0.352 e. The second-order valence-corrected chi connectivity index (χ2v) is 4.29. The molecule has 0 aliphatic carbocycles. The van der Waals surface area contributed by atoms with Crippen LogP contribution in [0.2, 0.25) is 0 Å². The molecule has 0 bridgehead atoms. The maximum absolute atomic E-state index is 5.56. The number of rotatable bonds is 4. The molecule has 0 saturated carbocycles. The van der Waals surface area contributed by atoms with Crippen molar-refractivity contribution in [3.05, 3.63) is 35.4 Å². The third-order valence-electron chi connectivity index (χ3n) is 3.10. The summed E-state index contributed by atoms with van der Waals surface area (Å²) in [7, 11) is 0. The fraction of sp³-hybridized carbons (Fsp3) is 0.538. The molecule has 1 aliphatic heterocycles. The van der Waals surface area contributed by atoms with Crippen molar-refractivity contribution >= 4 is 0 Å². The Hall–Kier alpha value is -0.900. The van der Waals surface area contributed by atoms with Gasteiger partial charge in [-0.15, -0.1) is 0 Å². The molecule has 0 amide bonds. The Morgan fingerprint density at radius 2 is 2.12 bits per heavy atom. The van der Waals surface area contributed by atoms with Crippen LogP contribution in [0.3, 0.4) is 0 Å². The van der Waals surface area contributed by atoms with Gasteiger partial charge in [0.05, 0.1) is 6.61 Å². The van der Waals surface area contributed by atoms with Gasteiger partial charge in [0.2, 0.25) is 0 Å². The van der Waals surface area contributed by atoms with Crippen LogP contribution in [0.15, 0.2) is 24.3 Å². The topological polar surface area (TPSA) is 44.5 Å². The van der Waals surface area contributed by atoms with Gasteiger partial charge in [0.1, 0.15) is 12.9 Å². The first-order chi connectivity index (χ1) is 7.81. The normalized spacial score (nSPS) is 22.2. The summed E-state index contributed by atoms with van der Waals surface area (Å²) in [5.41, 5.74) is 8.10. The summed E-state index contributed by atoms with van der Waals surface area (Å²) in [5.74, 6) is 0.528. The average molecular weight is 221 g/mol. The second-order valence-electron chi connectivity index (χ2n) is 4.29. The standard InChI is InChI=1S/C13H19NO2/c1-10(6-7-14)11-2-4-12(5-3-11)13-8-15-9-16-13/h2-5,10,13H,6-9,14H2,1H3. The molecular formula is C13H19NO2. The molecule has 2 rings (SSSR count). The van der Waals surface area contributed by atoms with Gasteiger partial charge in [-0.2, -0.15) is 0 Å². The van der Waals surface area contributed by atoms with E-state index in [0.717, 1.165) is 13.0 Å². The zero-order chi connectivity index (χ0) is 11.4. The van der Waals surface area contributed by atoms with Gasteiger partial charge in [0.25, 0.3) is 0 Å². The van der Waals surface area contributed by atoms with E-state index in [4.69, 9.17) is 15.2 Å². The van der Waals surface area contributed by atoms with Crippen LogP contribution < -0.4 is 5.73 Å². The van der Waals surface area contributed by atoms with Crippen molar-refractivity contribution in [1.29, 1.82) is 0 Å². The highest BCUT2D eigenvalue weighted by molar-refractivity contribution is 5.26. The minimum Gasteiger partial charge on any atom is -0.352 e. The predicted molar refractivity (Wildman–Crippen MR) is 63.2 cm³/mol. The molecule has 1 saturated heterocycles. The summed E-state index contributed by atoms with van der Waals surface area (Å²) in [6.07, 6.45) is 1.14. The summed E-state index contributed by atoms with van der Waals surface area (Å²) in [6.45, 7) is 4.02. The lowest BCUT2D eigenvalue weighted by Gasteiger charge is -2.13. The van der Waals surface area contributed by atoms with E-state index in [-0.39, 0.29) is 6.10 Å². The van der Waals surface area contributed by atoms with Crippen LogP contribution in [0, 0.1) is 0 Å². The molecule has 16 heavy (non-hydrogen) atoms. The van der Waals surface area contributed by atoms with Crippen LogP contribution in [0.5, 0.6) is 0 Å². The van der Waals surface area contributed by atoms with Crippen molar-refractivity contribution in [2.45, 2.75) is 25.4 Å². The van der Waals surface area contributed by atoms with Crippen molar-refractivity contribution in [1.82, 2.24) is 0 Å². The lowest BCUT2D eigenvalue weighted by molar-refractivity contribution is 0.0466. The Kier molecular flexibility index (Phi) is 3.93. The summed E-state index contributed by atoms with van der Waals surface area (Å²) in [6, 6.07) is 8.58. The lowest BCUT2D eigenvalue weighted by Crippen LogP contribution is -2.05. The smallest absolute Gasteiger partial charge is 0.147 e. The maximum atomic E-state index is 5.56. The third kappa shape index (κ3) is 2.61. The molecule has 2 unspecified atom stereocenters. The quantitative estimate of drug-likeness (QED) is 0.847. The Labute approximate surface area is 96.5 Å². The average Bonchev–Trinajstić information content (AvgIpc) is 2.83. The first kappa shape index (κ1) is 11.6. The molecule has 3 nitrogen and oxygen atoms in total. The molecule has 1 fully saturated rings. The lowest BCUT2D eigenvalue weighted by atomic mass is 9.96. The Bertz CT molecular complexity index is 317. The third-order valence-corrected chi connectivity index (χ3v) is 3.10. The van der Waals surface area contributed by atoms with Gasteiger partial charge in [-0.05, 0) is 30.0 Å². The van der Waals surface area contributed by atoms with Gasteiger partial charge < -0.3 is 15.2 Å². The monoisotopic (exact) mass is 221 g/mol. The molecule has 3 heteroatoms. The Morgan fingerprint density at radius 1 is 1.38 bits per heavy atom. The molecule has 1 aromatic carbocycles. The van der Waals surface area contributed by atoms with Crippen LogP contribution in [0.1, 0.15) is 36.5 Å². The summed E-state index contributed by atoms with van der Waals surface area (Å²) < 4.78 is 10.6. The summed E-state index contributed by atoms with van der Waals surface area (Å²) in [4.78, 5) is 0. The van der Waals surface area contributed by atoms with E-state index in [0.29, 0.717) is 19.3 Å². The van der Waals surface area contributed by atoms with Gasteiger partial charge in [0, 0.05) is 0 Å². The number of nitrogens with two attached hydrogens (primary N) is 1. The van der Waals surface area contributed by atoms with Crippen LogP contribution in [0.25, 0.3) is 0 Å². The molecule has 0 radical (unpaired) electrons. The summed E-state index contributed by atoms with van der Waals surface area (Å²) in [5, 5.41) is 0. The molecule has 2 atom stereocenters.